The van der Waals surface area contributed by atoms with Crippen molar-refractivity contribution in [1.29, 1.82) is 0 Å². The molecule has 1 heterocycles. The van der Waals surface area contributed by atoms with E-state index in [4.69, 9.17) is 14.8 Å². The first kappa shape index (κ1) is 19.7. The highest BCUT2D eigenvalue weighted by molar-refractivity contribution is 5.76. The van der Waals surface area contributed by atoms with Crippen LogP contribution in [0.4, 0.5) is 4.79 Å². The molecule has 30 heavy (non-hydrogen) atoms. The molecule has 0 saturated heterocycles. The van der Waals surface area contributed by atoms with Crippen molar-refractivity contribution < 1.29 is 14.6 Å². The van der Waals surface area contributed by atoms with Crippen LogP contribution in [0, 0.1) is 0 Å². The van der Waals surface area contributed by atoms with Crippen LogP contribution in [0.1, 0.15) is 37.6 Å². The summed E-state index contributed by atoms with van der Waals surface area (Å²) in [6.45, 7) is 5.12. The molecule has 0 bridgehead atoms. The van der Waals surface area contributed by atoms with Gasteiger partial charge in [0.2, 0.25) is 0 Å². The van der Waals surface area contributed by atoms with Crippen LogP contribution in [0.25, 0.3) is 22.2 Å². The minimum atomic E-state index is -1.32. The highest BCUT2D eigenvalue weighted by atomic mass is 16.7. The summed E-state index contributed by atoms with van der Waals surface area (Å²) in [5.41, 5.74) is 4.97. The summed E-state index contributed by atoms with van der Waals surface area (Å²) < 4.78 is 7.21. The fourth-order valence-electron chi connectivity index (χ4n) is 3.68. The van der Waals surface area contributed by atoms with Gasteiger partial charge < -0.3 is 14.4 Å². The monoisotopic (exact) mass is 400 g/mol. The molecule has 0 saturated carbocycles. The highest BCUT2D eigenvalue weighted by Gasteiger charge is 2.16. The second kappa shape index (κ2) is 8.41. The Hall–Kier alpha value is -3.60. The third kappa shape index (κ3) is 3.92. The first-order valence-corrected chi connectivity index (χ1v) is 10.1. The number of aromatic nitrogens is 2. The first-order valence-electron chi connectivity index (χ1n) is 10.1. The maximum Gasteiger partial charge on any atom is 0.511 e. The molecule has 0 spiro atoms. The van der Waals surface area contributed by atoms with E-state index < -0.39 is 6.16 Å². The molecule has 0 fully saturated rings. The van der Waals surface area contributed by atoms with Gasteiger partial charge >= 0.3 is 6.16 Å². The largest absolute Gasteiger partial charge is 0.511 e. The van der Waals surface area contributed by atoms with Crippen LogP contribution in [-0.4, -0.2) is 20.8 Å². The van der Waals surface area contributed by atoms with Gasteiger partial charge in [-0.3, -0.25) is 0 Å². The van der Waals surface area contributed by atoms with Gasteiger partial charge in [-0.25, -0.2) is 9.78 Å². The zero-order valence-corrected chi connectivity index (χ0v) is 17.1. The molecule has 0 aliphatic carbocycles. The summed E-state index contributed by atoms with van der Waals surface area (Å²) in [5.74, 6) is 1.80. The van der Waals surface area contributed by atoms with E-state index in [9.17, 15) is 4.79 Å². The van der Waals surface area contributed by atoms with Crippen LogP contribution in [0.5, 0.6) is 5.75 Å². The number of rotatable bonds is 6. The third-order valence-corrected chi connectivity index (χ3v) is 5.43. The van der Waals surface area contributed by atoms with Crippen molar-refractivity contribution in [3.05, 3.63) is 84.2 Å². The summed E-state index contributed by atoms with van der Waals surface area (Å²) in [4.78, 5) is 15.8. The molecule has 0 aliphatic rings. The van der Waals surface area contributed by atoms with Crippen molar-refractivity contribution in [3.8, 4) is 16.9 Å². The Bertz CT molecular complexity index is 1180. The van der Waals surface area contributed by atoms with Gasteiger partial charge in [-0.15, -0.1) is 0 Å². The molecule has 3 aromatic carbocycles. The van der Waals surface area contributed by atoms with Crippen LogP contribution in [0.15, 0.2) is 72.8 Å². The minimum absolute atomic E-state index is 0.331. The summed E-state index contributed by atoms with van der Waals surface area (Å²) in [6, 6.07) is 23.5. The number of benzene rings is 3. The van der Waals surface area contributed by atoms with Gasteiger partial charge in [0.15, 0.2) is 0 Å². The number of nitrogens with zero attached hydrogens (tertiary/aromatic N) is 2. The molecule has 1 aromatic heterocycles. The number of carboxylic acid groups (broad SMARTS) is 1. The molecule has 0 aliphatic heterocycles. The Morgan fingerprint density at radius 1 is 1.03 bits per heavy atom. The number of ether oxygens (including phenoxy) is 1. The van der Waals surface area contributed by atoms with Crippen molar-refractivity contribution in [2.75, 3.05) is 0 Å². The topological polar surface area (TPSA) is 64.4 Å². The quantitative estimate of drug-likeness (QED) is 0.304. The molecule has 4 aromatic rings. The van der Waals surface area contributed by atoms with Crippen molar-refractivity contribution in [1.82, 2.24) is 9.55 Å². The van der Waals surface area contributed by atoms with Crippen LogP contribution in [-0.2, 0) is 6.54 Å². The average molecular weight is 400 g/mol. The van der Waals surface area contributed by atoms with Gasteiger partial charge in [0.05, 0.1) is 11.0 Å². The van der Waals surface area contributed by atoms with Crippen molar-refractivity contribution in [2.24, 2.45) is 0 Å². The lowest BCUT2D eigenvalue weighted by Crippen LogP contribution is -2.08. The van der Waals surface area contributed by atoms with Crippen molar-refractivity contribution >= 4 is 17.2 Å². The van der Waals surface area contributed by atoms with E-state index >= 15 is 0 Å². The molecule has 0 amide bonds. The smallest absolute Gasteiger partial charge is 0.449 e. The standard InChI is InChI=1S/C25H24N2O3/c1-3-17(2)24-26-21-9-5-6-10-22(21)27(24)16-18-12-14-19(15-13-18)20-8-4-7-11-23(20)30-25(28)29/h4-15,17H,3,16H2,1-2H3,(H,28,29). The van der Waals surface area contributed by atoms with Gasteiger partial charge in [0, 0.05) is 18.0 Å². The lowest BCUT2D eigenvalue weighted by molar-refractivity contribution is 0.144. The molecule has 4 rings (SSSR count). The maximum atomic E-state index is 11.0. The van der Waals surface area contributed by atoms with E-state index in [1.165, 1.54) is 0 Å². The predicted molar refractivity (Wildman–Crippen MR) is 118 cm³/mol. The van der Waals surface area contributed by atoms with Crippen molar-refractivity contribution in [3.63, 3.8) is 0 Å². The molecule has 0 radical (unpaired) electrons. The number of hydrogen-bond donors (Lipinski definition) is 1. The molecule has 152 valence electrons. The van der Waals surface area contributed by atoms with Crippen LogP contribution in [0.3, 0.4) is 0 Å². The average Bonchev–Trinajstić information content (AvgIpc) is 3.12. The lowest BCUT2D eigenvalue weighted by atomic mass is 10.0. The molecule has 5 nitrogen and oxygen atoms in total. The SMILES string of the molecule is CCC(C)c1nc2ccccc2n1Cc1ccc(-c2ccccc2OC(=O)O)cc1. The molecule has 5 heteroatoms. The minimum Gasteiger partial charge on any atom is -0.449 e. The normalized spacial score (nSPS) is 12.1. The van der Waals surface area contributed by atoms with Gasteiger partial charge in [-0.2, -0.15) is 0 Å². The molecular weight excluding hydrogens is 376 g/mol. The fraction of sp³-hybridized carbons (Fsp3) is 0.200. The van der Waals surface area contributed by atoms with E-state index in [1.54, 1.807) is 12.1 Å². The third-order valence-electron chi connectivity index (χ3n) is 5.43. The first-order chi connectivity index (χ1) is 14.6. The fourth-order valence-corrected chi connectivity index (χ4v) is 3.68. The summed E-state index contributed by atoms with van der Waals surface area (Å²) >= 11 is 0. The van der Waals surface area contributed by atoms with Gasteiger partial charge in [-0.1, -0.05) is 68.4 Å². The number of carbonyl (C=O) groups is 1. The second-order valence-electron chi connectivity index (χ2n) is 7.42. The maximum absolute atomic E-state index is 11.0. The molecule has 1 atom stereocenters. The Balaban J connectivity index is 1.66. The molecule has 1 unspecified atom stereocenters. The Morgan fingerprint density at radius 3 is 2.47 bits per heavy atom. The zero-order chi connectivity index (χ0) is 21.1. The lowest BCUT2D eigenvalue weighted by Gasteiger charge is -2.14. The van der Waals surface area contributed by atoms with Crippen molar-refractivity contribution in [2.45, 2.75) is 32.7 Å². The van der Waals surface area contributed by atoms with Gasteiger partial charge in [0.1, 0.15) is 11.6 Å². The van der Waals surface area contributed by atoms with Gasteiger partial charge in [-0.05, 0) is 35.7 Å². The predicted octanol–water partition coefficient (Wildman–Crippen LogP) is 6.32. The number of hydrogen-bond acceptors (Lipinski definition) is 3. The van der Waals surface area contributed by atoms with Crippen LogP contribution < -0.4 is 4.74 Å². The van der Waals surface area contributed by atoms with Crippen LogP contribution >= 0.6 is 0 Å². The zero-order valence-electron chi connectivity index (χ0n) is 17.1. The Kier molecular flexibility index (Phi) is 5.53. The van der Waals surface area contributed by atoms with E-state index in [-0.39, 0.29) is 0 Å². The van der Waals surface area contributed by atoms with E-state index in [2.05, 4.69) is 42.7 Å². The molecular formula is C25H24N2O3. The summed E-state index contributed by atoms with van der Waals surface area (Å²) in [7, 11) is 0. The van der Waals surface area contributed by atoms with E-state index in [0.29, 0.717) is 11.7 Å². The summed E-state index contributed by atoms with van der Waals surface area (Å²) in [6.07, 6.45) is -0.286. The Morgan fingerprint density at radius 2 is 1.73 bits per heavy atom. The van der Waals surface area contributed by atoms with Crippen LogP contribution in [0.2, 0.25) is 0 Å². The summed E-state index contributed by atoms with van der Waals surface area (Å²) in [5, 5.41) is 8.97. The number of para-hydroxylation sites is 3. The number of fused-ring (bicyclic) bond motifs is 1. The highest BCUT2D eigenvalue weighted by Crippen LogP contribution is 2.31. The molecule has 1 N–H and O–H groups in total. The number of imidazole rings is 1. The van der Waals surface area contributed by atoms with E-state index in [0.717, 1.165) is 46.5 Å². The van der Waals surface area contributed by atoms with E-state index in [1.807, 2.05) is 36.4 Å². The van der Waals surface area contributed by atoms with Gasteiger partial charge in [0.25, 0.3) is 0 Å². The Labute approximate surface area is 175 Å². The second-order valence-corrected chi connectivity index (χ2v) is 7.42.